The van der Waals surface area contributed by atoms with Crippen molar-refractivity contribution < 1.29 is 17.6 Å². The minimum absolute atomic E-state index is 0.148. The van der Waals surface area contributed by atoms with Gasteiger partial charge in [0.1, 0.15) is 0 Å². The second-order valence-electron chi connectivity index (χ2n) is 7.82. The molecular weight excluding hydrogens is 436 g/mol. The molecule has 2 aliphatic rings. The van der Waals surface area contributed by atoms with E-state index in [0.717, 1.165) is 24.6 Å². The summed E-state index contributed by atoms with van der Waals surface area (Å²) >= 11 is 0. The van der Waals surface area contributed by atoms with Crippen LogP contribution in [0.25, 0.3) is 11.1 Å². The molecule has 170 valence electrons. The van der Waals surface area contributed by atoms with Crippen LogP contribution in [0, 0.1) is 0 Å². The van der Waals surface area contributed by atoms with Crippen LogP contribution in [0.1, 0.15) is 0 Å². The summed E-state index contributed by atoms with van der Waals surface area (Å²) in [6.45, 7) is 4.66. The summed E-state index contributed by atoms with van der Waals surface area (Å²) in [5, 5.41) is 8.39. The summed E-state index contributed by atoms with van der Waals surface area (Å²) < 4.78 is 39.7. The highest BCUT2D eigenvalue weighted by Crippen LogP contribution is 2.25. The quantitative estimate of drug-likeness (QED) is 0.541. The Labute approximate surface area is 184 Å². The van der Waals surface area contributed by atoms with Gasteiger partial charge in [0.25, 0.3) is 0 Å². The van der Waals surface area contributed by atoms with Gasteiger partial charge in [0.15, 0.2) is 11.4 Å². The van der Waals surface area contributed by atoms with Crippen LogP contribution >= 0.6 is 0 Å². The Kier molecular flexibility index (Phi) is 5.35. The number of ether oxygens (including phenoxy) is 1. The molecule has 0 N–H and O–H groups in total. The van der Waals surface area contributed by atoms with Gasteiger partial charge in [-0.25, -0.2) is 13.2 Å². The lowest BCUT2D eigenvalue weighted by Crippen LogP contribution is -2.48. The molecule has 5 rings (SSSR count). The fraction of sp³-hybridized carbons (Fsp3) is 0.450. The van der Waals surface area contributed by atoms with Gasteiger partial charge in [0.05, 0.1) is 35.5 Å². The lowest BCUT2D eigenvalue weighted by Gasteiger charge is -2.35. The normalized spacial score (nSPS) is 18.4. The third kappa shape index (κ3) is 3.74. The van der Waals surface area contributed by atoms with Crippen LogP contribution in [0.4, 0.5) is 11.5 Å². The first-order valence-corrected chi connectivity index (χ1v) is 11.9. The molecule has 12 heteroatoms. The number of nitrogens with zero attached hydrogens (tertiary/aromatic N) is 6. The van der Waals surface area contributed by atoms with E-state index in [1.165, 1.54) is 27.1 Å². The predicted molar refractivity (Wildman–Crippen MR) is 117 cm³/mol. The maximum atomic E-state index is 13.2. The number of morpholine rings is 1. The number of hydrogen-bond donors (Lipinski definition) is 0. The number of rotatable bonds is 4. The van der Waals surface area contributed by atoms with Crippen LogP contribution in [0.2, 0.25) is 0 Å². The molecule has 0 spiro atoms. The maximum absolute atomic E-state index is 13.2. The minimum atomic E-state index is -3.69. The van der Waals surface area contributed by atoms with Crippen molar-refractivity contribution >= 4 is 32.6 Å². The standard InChI is InChI=1S/C20H24N6O5S/c1-23-17-13-16(2-3-18(17)31-20(23)27)32(28,29)26-6-4-24(5-7-26)15-12-19(22-21-14-15)25-8-10-30-11-9-25/h2-3,12-14H,4-11H2,1H3. The van der Waals surface area contributed by atoms with Crippen molar-refractivity contribution in [2.24, 2.45) is 7.05 Å². The number of anilines is 2. The third-order valence-electron chi connectivity index (χ3n) is 5.97. The van der Waals surface area contributed by atoms with E-state index in [2.05, 4.69) is 20.0 Å². The first-order valence-electron chi connectivity index (χ1n) is 10.4. The number of benzene rings is 1. The summed E-state index contributed by atoms with van der Waals surface area (Å²) in [7, 11) is -2.14. The molecule has 0 bridgehead atoms. The van der Waals surface area contributed by atoms with Crippen LogP contribution in [-0.4, -0.2) is 80.0 Å². The molecule has 1 aromatic carbocycles. The molecule has 2 fully saturated rings. The monoisotopic (exact) mass is 460 g/mol. The molecule has 0 saturated carbocycles. The fourth-order valence-corrected chi connectivity index (χ4v) is 5.51. The van der Waals surface area contributed by atoms with Gasteiger partial charge in [-0.05, 0) is 18.2 Å². The zero-order valence-electron chi connectivity index (χ0n) is 17.7. The molecular formula is C20H24N6O5S. The Morgan fingerprint density at radius 2 is 1.72 bits per heavy atom. The molecule has 0 amide bonds. The van der Waals surface area contributed by atoms with E-state index < -0.39 is 15.8 Å². The summed E-state index contributed by atoms with van der Waals surface area (Å²) in [5.74, 6) is 0.283. The minimum Gasteiger partial charge on any atom is -0.408 e. The molecule has 2 aromatic heterocycles. The Balaban J connectivity index is 1.31. The zero-order valence-corrected chi connectivity index (χ0v) is 18.5. The van der Waals surface area contributed by atoms with Gasteiger partial charge < -0.3 is 19.0 Å². The van der Waals surface area contributed by atoms with Crippen molar-refractivity contribution in [3.8, 4) is 0 Å². The number of sulfonamides is 1. The van der Waals surface area contributed by atoms with Gasteiger partial charge >= 0.3 is 5.76 Å². The summed E-state index contributed by atoms with van der Waals surface area (Å²) in [6.07, 6.45) is 1.71. The molecule has 2 aliphatic heterocycles. The van der Waals surface area contributed by atoms with Crippen molar-refractivity contribution in [1.82, 2.24) is 19.1 Å². The lowest BCUT2D eigenvalue weighted by molar-refractivity contribution is 0.122. The average molecular weight is 461 g/mol. The van der Waals surface area contributed by atoms with Gasteiger partial charge in [-0.2, -0.15) is 9.40 Å². The van der Waals surface area contributed by atoms with Crippen LogP contribution in [0.5, 0.6) is 0 Å². The predicted octanol–water partition coefficient (Wildman–Crippen LogP) is 0.269. The van der Waals surface area contributed by atoms with Gasteiger partial charge in [0.2, 0.25) is 10.0 Å². The van der Waals surface area contributed by atoms with E-state index in [1.54, 1.807) is 13.2 Å². The largest absolute Gasteiger partial charge is 0.419 e. The molecule has 4 heterocycles. The second-order valence-corrected chi connectivity index (χ2v) is 9.76. The fourth-order valence-electron chi connectivity index (χ4n) is 4.07. The van der Waals surface area contributed by atoms with Crippen LogP contribution in [-0.2, 0) is 21.8 Å². The van der Waals surface area contributed by atoms with Gasteiger partial charge in [-0.3, -0.25) is 4.57 Å². The summed E-state index contributed by atoms with van der Waals surface area (Å²) in [5.41, 5.74) is 1.74. The lowest BCUT2D eigenvalue weighted by atomic mass is 10.3. The molecule has 0 aliphatic carbocycles. The Hall–Kier alpha value is -2.96. The smallest absolute Gasteiger partial charge is 0.408 e. The van der Waals surface area contributed by atoms with Gasteiger partial charge in [-0.15, -0.1) is 5.10 Å². The first-order chi connectivity index (χ1) is 15.4. The number of aryl methyl sites for hydroxylation is 1. The highest BCUT2D eigenvalue weighted by Gasteiger charge is 2.29. The number of fused-ring (bicyclic) bond motifs is 1. The van der Waals surface area contributed by atoms with Crippen LogP contribution in [0.15, 0.2) is 44.6 Å². The Morgan fingerprint density at radius 1 is 0.969 bits per heavy atom. The number of hydrogen-bond acceptors (Lipinski definition) is 9. The van der Waals surface area contributed by atoms with E-state index in [-0.39, 0.29) is 4.90 Å². The molecule has 2 saturated heterocycles. The van der Waals surface area contributed by atoms with Crippen molar-refractivity contribution in [2.75, 3.05) is 62.3 Å². The summed E-state index contributed by atoms with van der Waals surface area (Å²) in [6, 6.07) is 6.49. The third-order valence-corrected chi connectivity index (χ3v) is 7.86. The van der Waals surface area contributed by atoms with Crippen molar-refractivity contribution in [3.05, 3.63) is 41.0 Å². The van der Waals surface area contributed by atoms with Crippen molar-refractivity contribution in [3.63, 3.8) is 0 Å². The maximum Gasteiger partial charge on any atom is 0.419 e. The molecule has 0 radical (unpaired) electrons. The Bertz CT molecular complexity index is 1290. The van der Waals surface area contributed by atoms with Crippen molar-refractivity contribution in [2.45, 2.75) is 4.90 Å². The van der Waals surface area contributed by atoms with E-state index >= 15 is 0 Å². The second kappa shape index (κ2) is 8.19. The van der Waals surface area contributed by atoms with E-state index in [9.17, 15) is 13.2 Å². The van der Waals surface area contributed by atoms with E-state index in [4.69, 9.17) is 9.15 Å². The number of piperazine rings is 1. The zero-order chi connectivity index (χ0) is 22.3. The first kappa shape index (κ1) is 20.9. The molecule has 3 aromatic rings. The molecule has 0 unspecified atom stereocenters. The number of aromatic nitrogens is 3. The van der Waals surface area contributed by atoms with E-state index in [1.807, 2.05) is 6.07 Å². The Morgan fingerprint density at radius 3 is 2.47 bits per heavy atom. The van der Waals surface area contributed by atoms with Gasteiger partial charge in [0, 0.05) is 52.4 Å². The SMILES string of the molecule is Cn1c(=O)oc2ccc(S(=O)(=O)N3CCN(c4cnnc(N5CCOCC5)c4)CC3)cc21. The highest BCUT2D eigenvalue weighted by atomic mass is 32.2. The van der Waals surface area contributed by atoms with Crippen molar-refractivity contribution in [1.29, 1.82) is 0 Å². The highest BCUT2D eigenvalue weighted by molar-refractivity contribution is 7.89. The van der Waals surface area contributed by atoms with E-state index in [0.29, 0.717) is 50.5 Å². The topological polar surface area (TPSA) is 114 Å². The molecule has 0 atom stereocenters. The van der Waals surface area contributed by atoms with Gasteiger partial charge in [-0.1, -0.05) is 0 Å². The van der Waals surface area contributed by atoms with Crippen LogP contribution < -0.4 is 15.6 Å². The summed E-state index contributed by atoms with van der Waals surface area (Å²) in [4.78, 5) is 16.1. The molecule has 11 nitrogen and oxygen atoms in total. The average Bonchev–Trinajstić information content (AvgIpc) is 3.12. The number of oxazole rings is 1. The van der Waals surface area contributed by atoms with Crippen LogP contribution in [0.3, 0.4) is 0 Å². The molecule has 32 heavy (non-hydrogen) atoms.